The van der Waals surface area contributed by atoms with Crippen molar-refractivity contribution in [2.24, 2.45) is 0 Å². The Kier molecular flexibility index (Phi) is 4.97. The van der Waals surface area contributed by atoms with Crippen molar-refractivity contribution in [2.75, 3.05) is 6.79 Å². The normalized spacial score (nSPS) is 14.0. The van der Waals surface area contributed by atoms with E-state index in [0.717, 1.165) is 11.1 Å². The van der Waals surface area contributed by atoms with Gasteiger partial charge in [-0.1, -0.05) is 35.3 Å². The predicted molar refractivity (Wildman–Crippen MR) is 94.6 cm³/mol. The molecule has 0 radical (unpaired) electrons. The minimum Gasteiger partial charge on any atom is -0.454 e. The van der Waals surface area contributed by atoms with E-state index in [1.54, 1.807) is 24.3 Å². The van der Waals surface area contributed by atoms with Crippen LogP contribution < -0.4 is 14.8 Å². The van der Waals surface area contributed by atoms with Gasteiger partial charge >= 0.3 is 0 Å². The van der Waals surface area contributed by atoms with Crippen molar-refractivity contribution in [3.63, 3.8) is 0 Å². The highest BCUT2D eigenvalue weighted by Crippen LogP contribution is 2.40. The number of amides is 1. The van der Waals surface area contributed by atoms with Crippen molar-refractivity contribution in [1.29, 1.82) is 0 Å². The molecule has 0 saturated heterocycles. The number of halogens is 2. The summed E-state index contributed by atoms with van der Waals surface area (Å²) in [5, 5.41) is 3.98. The lowest BCUT2D eigenvalue weighted by molar-refractivity contribution is -0.117. The quantitative estimate of drug-likeness (QED) is 0.806. The molecule has 3 rings (SSSR count). The van der Waals surface area contributed by atoms with Gasteiger partial charge in [0.2, 0.25) is 12.7 Å². The number of fused-ring (bicyclic) bond motifs is 1. The van der Waals surface area contributed by atoms with Crippen molar-refractivity contribution in [2.45, 2.75) is 13.0 Å². The number of carbonyl (C=O) groups is 1. The van der Waals surface area contributed by atoms with Gasteiger partial charge in [-0.25, -0.2) is 0 Å². The molecule has 2 aromatic carbocycles. The third kappa shape index (κ3) is 3.83. The molecule has 6 heteroatoms. The number of carbonyl (C=O) groups excluding carboxylic acids is 1. The van der Waals surface area contributed by atoms with Crippen LogP contribution in [0.1, 0.15) is 24.1 Å². The summed E-state index contributed by atoms with van der Waals surface area (Å²) in [5.74, 6) is 0.902. The number of hydrogen-bond acceptors (Lipinski definition) is 3. The molecular weight excluding hydrogens is 349 g/mol. The first-order valence-electron chi connectivity index (χ1n) is 7.36. The zero-order valence-electron chi connectivity index (χ0n) is 12.9. The first-order valence-corrected chi connectivity index (χ1v) is 8.12. The highest BCUT2D eigenvalue weighted by Gasteiger charge is 2.17. The Morgan fingerprint density at radius 2 is 2.08 bits per heavy atom. The van der Waals surface area contributed by atoms with E-state index >= 15 is 0 Å². The maximum atomic E-state index is 12.1. The van der Waals surface area contributed by atoms with Crippen LogP contribution in [0.15, 0.2) is 42.5 Å². The monoisotopic (exact) mass is 363 g/mol. The fraction of sp³-hybridized carbons (Fsp3) is 0.167. The van der Waals surface area contributed by atoms with Crippen molar-refractivity contribution >= 4 is 35.2 Å². The van der Waals surface area contributed by atoms with Gasteiger partial charge in [0.05, 0.1) is 11.1 Å². The number of hydrogen-bond donors (Lipinski definition) is 1. The van der Waals surface area contributed by atoms with Crippen LogP contribution in [0.4, 0.5) is 0 Å². The Balaban J connectivity index is 1.66. The zero-order chi connectivity index (χ0) is 17.1. The highest BCUT2D eigenvalue weighted by atomic mass is 35.5. The number of nitrogens with one attached hydrogen (secondary N) is 1. The van der Waals surface area contributed by atoms with Crippen LogP contribution in [0.25, 0.3) is 6.08 Å². The molecule has 1 aliphatic rings. The Labute approximate surface area is 150 Å². The number of benzene rings is 2. The molecule has 24 heavy (non-hydrogen) atoms. The van der Waals surface area contributed by atoms with Crippen molar-refractivity contribution in [1.82, 2.24) is 5.32 Å². The van der Waals surface area contributed by atoms with Crippen LogP contribution in [0.2, 0.25) is 10.0 Å². The Morgan fingerprint density at radius 3 is 2.88 bits per heavy atom. The number of ether oxygens (including phenoxy) is 2. The molecule has 0 saturated carbocycles. The van der Waals surface area contributed by atoms with E-state index in [-0.39, 0.29) is 18.7 Å². The molecule has 124 valence electrons. The minimum absolute atomic E-state index is 0.152. The van der Waals surface area contributed by atoms with Gasteiger partial charge in [-0.05, 0) is 48.4 Å². The topological polar surface area (TPSA) is 47.6 Å². The van der Waals surface area contributed by atoms with E-state index in [1.165, 1.54) is 6.08 Å². The molecule has 0 aliphatic carbocycles. The highest BCUT2D eigenvalue weighted by molar-refractivity contribution is 6.32. The molecule has 1 unspecified atom stereocenters. The van der Waals surface area contributed by atoms with Gasteiger partial charge in [-0.3, -0.25) is 4.79 Å². The van der Waals surface area contributed by atoms with Crippen LogP contribution in [-0.2, 0) is 4.79 Å². The van der Waals surface area contributed by atoms with Gasteiger partial charge < -0.3 is 14.8 Å². The van der Waals surface area contributed by atoms with Crippen LogP contribution in [-0.4, -0.2) is 12.7 Å². The van der Waals surface area contributed by atoms with E-state index < -0.39 is 0 Å². The van der Waals surface area contributed by atoms with E-state index in [2.05, 4.69) is 5.32 Å². The van der Waals surface area contributed by atoms with Crippen LogP contribution in [0.3, 0.4) is 0 Å². The third-order valence-electron chi connectivity index (χ3n) is 3.58. The van der Waals surface area contributed by atoms with Gasteiger partial charge in [0.25, 0.3) is 0 Å². The van der Waals surface area contributed by atoms with Gasteiger partial charge in [-0.15, -0.1) is 0 Å². The Morgan fingerprint density at radius 1 is 1.25 bits per heavy atom. The molecule has 0 aromatic heterocycles. The zero-order valence-corrected chi connectivity index (χ0v) is 14.4. The summed E-state index contributed by atoms with van der Waals surface area (Å²) in [6.07, 6.45) is 3.13. The smallest absolute Gasteiger partial charge is 0.244 e. The second-order valence-corrected chi connectivity index (χ2v) is 6.20. The lowest BCUT2D eigenvalue weighted by Gasteiger charge is -2.13. The molecule has 0 spiro atoms. The van der Waals surface area contributed by atoms with Crippen molar-refractivity contribution in [3.05, 3.63) is 63.6 Å². The molecule has 1 amide bonds. The molecule has 2 aromatic rings. The fourth-order valence-electron chi connectivity index (χ4n) is 2.38. The number of rotatable bonds is 4. The first-order chi connectivity index (χ1) is 11.5. The summed E-state index contributed by atoms with van der Waals surface area (Å²) < 4.78 is 10.6. The van der Waals surface area contributed by atoms with Gasteiger partial charge in [-0.2, -0.15) is 0 Å². The maximum absolute atomic E-state index is 12.1. The summed E-state index contributed by atoms with van der Waals surface area (Å²) in [5.41, 5.74) is 1.70. The second kappa shape index (κ2) is 7.16. The molecule has 1 aliphatic heterocycles. The lowest BCUT2D eigenvalue weighted by Crippen LogP contribution is -2.24. The molecule has 4 nitrogen and oxygen atoms in total. The summed E-state index contributed by atoms with van der Waals surface area (Å²) in [6.45, 7) is 2.05. The summed E-state index contributed by atoms with van der Waals surface area (Å²) in [7, 11) is 0. The van der Waals surface area contributed by atoms with Crippen LogP contribution in [0, 0.1) is 0 Å². The summed E-state index contributed by atoms with van der Waals surface area (Å²) in [6, 6.07) is 10.7. The van der Waals surface area contributed by atoms with Crippen molar-refractivity contribution < 1.29 is 14.3 Å². The standard InChI is InChI=1S/C18H15Cl2NO3/c1-11(13-3-2-4-14(19)9-13)21-17(22)6-5-12-7-15(20)18-16(8-12)23-10-24-18/h2-9,11H,10H2,1H3,(H,21,22)/b6-5+. The van der Waals surface area contributed by atoms with Gasteiger partial charge in [0.15, 0.2) is 11.5 Å². The average Bonchev–Trinajstić information content (AvgIpc) is 3.02. The summed E-state index contributed by atoms with van der Waals surface area (Å²) >= 11 is 12.1. The summed E-state index contributed by atoms with van der Waals surface area (Å²) in [4.78, 5) is 12.1. The molecule has 0 bridgehead atoms. The molecule has 0 fully saturated rings. The average molecular weight is 364 g/mol. The van der Waals surface area contributed by atoms with Crippen LogP contribution in [0.5, 0.6) is 11.5 Å². The maximum Gasteiger partial charge on any atom is 0.244 e. The van der Waals surface area contributed by atoms with E-state index in [0.29, 0.717) is 21.5 Å². The van der Waals surface area contributed by atoms with Crippen molar-refractivity contribution in [3.8, 4) is 11.5 Å². The lowest BCUT2D eigenvalue weighted by atomic mass is 10.1. The van der Waals surface area contributed by atoms with E-state index in [4.69, 9.17) is 32.7 Å². The third-order valence-corrected chi connectivity index (χ3v) is 4.10. The van der Waals surface area contributed by atoms with Gasteiger partial charge in [0, 0.05) is 11.1 Å². The predicted octanol–water partition coefficient (Wildman–Crippen LogP) is 4.61. The first kappa shape index (κ1) is 16.7. The van der Waals surface area contributed by atoms with E-state index in [9.17, 15) is 4.79 Å². The fourth-order valence-corrected chi connectivity index (χ4v) is 2.85. The molecule has 1 heterocycles. The largest absolute Gasteiger partial charge is 0.454 e. The SMILES string of the molecule is CC(NC(=O)/C=C/c1cc(Cl)c2c(c1)OCO2)c1cccc(Cl)c1. The Bertz CT molecular complexity index is 805. The van der Waals surface area contributed by atoms with Gasteiger partial charge in [0.1, 0.15) is 0 Å². The van der Waals surface area contributed by atoms with Crippen LogP contribution >= 0.6 is 23.2 Å². The second-order valence-electron chi connectivity index (χ2n) is 5.36. The molecule has 1 atom stereocenters. The van der Waals surface area contributed by atoms with E-state index in [1.807, 2.05) is 25.1 Å². The molecular formula is C18H15Cl2NO3. The molecule has 1 N–H and O–H groups in total. The minimum atomic E-state index is -0.212. The Hall–Kier alpha value is -2.17.